The van der Waals surface area contributed by atoms with Crippen LogP contribution in [0.3, 0.4) is 0 Å². The number of anilines is 2. The van der Waals surface area contributed by atoms with Crippen LogP contribution in [-0.2, 0) is 6.54 Å². The molecule has 0 aliphatic rings. The lowest BCUT2D eigenvalue weighted by molar-refractivity contribution is 0.845. The molecular weight excluding hydrogens is 238 g/mol. The molecule has 1 heterocycles. The zero-order valence-corrected chi connectivity index (χ0v) is 11.2. The van der Waals surface area contributed by atoms with Gasteiger partial charge in [0.15, 0.2) is 0 Å². The Kier molecular flexibility index (Phi) is 4.30. The van der Waals surface area contributed by atoms with Crippen molar-refractivity contribution in [3.8, 4) is 0 Å². The minimum Gasteiger partial charge on any atom is -0.366 e. The molecule has 19 heavy (non-hydrogen) atoms. The molecule has 0 radical (unpaired) electrons. The van der Waals surface area contributed by atoms with Gasteiger partial charge in [-0.3, -0.25) is 0 Å². The van der Waals surface area contributed by atoms with Gasteiger partial charge < -0.3 is 10.7 Å². The molecule has 0 spiro atoms. The van der Waals surface area contributed by atoms with Crippen LogP contribution < -0.4 is 16.6 Å². The van der Waals surface area contributed by atoms with Crippen molar-refractivity contribution in [2.75, 3.05) is 10.7 Å². The lowest BCUT2D eigenvalue weighted by atomic mass is 10.0. The Bertz CT molecular complexity index is 525. The predicted octanol–water partition coefficient (Wildman–Crippen LogP) is 2.50. The number of nitrogens with one attached hydrogen (secondary N) is 2. The van der Waals surface area contributed by atoms with Crippen LogP contribution in [0.15, 0.2) is 36.7 Å². The van der Waals surface area contributed by atoms with Gasteiger partial charge >= 0.3 is 0 Å². The molecule has 1 aromatic carbocycles. The van der Waals surface area contributed by atoms with Crippen molar-refractivity contribution in [2.45, 2.75) is 26.3 Å². The van der Waals surface area contributed by atoms with Gasteiger partial charge in [-0.25, -0.2) is 15.8 Å². The topological polar surface area (TPSA) is 75.9 Å². The SMILES string of the molecule is CC(C)c1c(NN)ncnc1NCc1ccccc1. The standard InChI is InChI=1S/C14H19N5/c1-10(2)12-13(17-9-18-14(12)19-15)16-8-11-6-4-3-5-7-11/h3-7,9-10H,8,15H2,1-2H3,(H2,16,17,18,19). The molecule has 4 N–H and O–H groups in total. The molecule has 0 saturated heterocycles. The van der Waals surface area contributed by atoms with Crippen molar-refractivity contribution in [1.29, 1.82) is 0 Å². The molecular formula is C14H19N5. The van der Waals surface area contributed by atoms with E-state index in [-0.39, 0.29) is 5.92 Å². The maximum Gasteiger partial charge on any atom is 0.148 e. The molecule has 0 atom stereocenters. The molecule has 0 aliphatic carbocycles. The van der Waals surface area contributed by atoms with E-state index in [0.717, 1.165) is 17.9 Å². The highest BCUT2D eigenvalue weighted by atomic mass is 15.3. The highest BCUT2D eigenvalue weighted by Crippen LogP contribution is 2.27. The molecule has 0 bridgehead atoms. The van der Waals surface area contributed by atoms with E-state index in [1.165, 1.54) is 11.9 Å². The summed E-state index contributed by atoms with van der Waals surface area (Å²) in [5.74, 6) is 7.27. The van der Waals surface area contributed by atoms with Gasteiger partial charge in [0.05, 0.1) is 0 Å². The van der Waals surface area contributed by atoms with E-state index in [2.05, 4.69) is 46.7 Å². The quantitative estimate of drug-likeness (QED) is 0.567. The maximum atomic E-state index is 5.50. The second kappa shape index (κ2) is 6.15. The summed E-state index contributed by atoms with van der Waals surface area (Å²) in [6.45, 7) is 4.90. The van der Waals surface area contributed by atoms with Gasteiger partial charge in [-0.15, -0.1) is 0 Å². The Morgan fingerprint density at radius 2 is 1.79 bits per heavy atom. The molecule has 0 saturated carbocycles. The Labute approximate surface area is 113 Å². The van der Waals surface area contributed by atoms with Crippen molar-refractivity contribution in [2.24, 2.45) is 5.84 Å². The Balaban J connectivity index is 2.20. The minimum absolute atomic E-state index is 0.283. The number of hydrogen-bond donors (Lipinski definition) is 3. The zero-order valence-electron chi connectivity index (χ0n) is 11.2. The molecule has 100 valence electrons. The fourth-order valence-electron chi connectivity index (χ4n) is 1.98. The molecule has 5 heteroatoms. The molecule has 0 unspecified atom stereocenters. The third kappa shape index (κ3) is 3.20. The Morgan fingerprint density at radius 3 is 2.42 bits per heavy atom. The van der Waals surface area contributed by atoms with Crippen molar-refractivity contribution in [3.05, 3.63) is 47.8 Å². The van der Waals surface area contributed by atoms with Crippen LogP contribution in [-0.4, -0.2) is 9.97 Å². The largest absolute Gasteiger partial charge is 0.366 e. The first-order valence-corrected chi connectivity index (χ1v) is 6.31. The van der Waals surface area contributed by atoms with E-state index >= 15 is 0 Å². The summed E-state index contributed by atoms with van der Waals surface area (Å²) < 4.78 is 0. The first kappa shape index (κ1) is 13.3. The summed E-state index contributed by atoms with van der Waals surface area (Å²) in [5, 5.41) is 3.34. The second-order valence-electron chi connectivity index (χ2n) is 4.62. The summed E-state index contributed by atoms with van der Waals surface area (Å²) in [6, 6.07) is 10.2. The molecule has 0 amide bonds. The molecule has 5 nitrogen and oxygen atoms in total. The average molecular weight is 257 g/mol. The van der Waals surface area contributed by atoms with Gasteiger partial charge in [0.25, 0.3) is 0 Å². The molecule has 2 aromatic rings. The highest BCUT2D eigenvalue weighted by Gasteiger charge is 2.13. The fourth-order valence-corrected chi connectivity index (χ4v) is 1.98. The van der Waals surface area contributed by atoms with Crippen LogP contribution in [0.2, 0.25) is 0 Å². The second-order valence-corrected chi connectivity index (χ2v) is 4.62. The summed E-state index contributed by atoms with van der Waals surface area (Å²) in [7, 11) is 0. The summed E-state index contributed by atoms with van der Waals surface area (Å²) in [6.07, 6.45) is 1.51. The fraction of sp³-hybridized carbons (Fsp3) is 0.286. The van der Waals surface area contributed by atoms with Gasteiger partial charge in [-0.2, -0.15) is 0 Å². The van der Waals surface area contributed by atoms with Crippen LogP contribution in [0.4, 0.5) is 11.6 Å². The zero-order chi connectivity index (χ0) is 13.7. The molecule has 1 aromatic heterocycles. The number of hydrazine groups is 1. The van der Waals surface area contributed by atoms with E-state index in [0.29, 0.717) is 5.82 Å². The number of rotatable bonds is 5. The van der Waals surface area contributed by atoms with E-state index in [4.69, 9.17) is 5.84 Å². The first-order chi connectivity index (χ1) is 9.22. The molecule has 2 rings (SSSR count). The summed E-state index contributed by atoms with van der Waals surface area (Å²) in [5.41, 5.74) is 4.83. The smallest absolute Gasteiger partial charge is 0.148 e. The lowest BCUT2D eigenvalue weighted by Crippen LogP contribution is -2.15. The van der Waals surface area contributed by atoms with Gasteiger partial charge in [0.1, 0.15) is 18.0 Å². The third-order valence-corrected chi connectivity index (χ3v) is 2.90. The third-order valence-electron chi connectivity index (χ3n) is 2.90. The number of nitrogens with zero attached hydrogens (tertiary/aromatic N) is 2. The number of nitrogens with two attached hydrogens (primary N) is 1. The Hall–Kier alpha value is -2.14. The van der Waals surface area contributed by atoms with Crippen molar-refractivity contribution in [1.82, 2.24) is 9.97 Å². The first-order valence-electron chi connectivity index (χ1n) is 6.31. The number of aromatic nitrogens is 2. The molecule has 0 aliphatic heterocycles. The summed E-state index contributed by atoms with van der Waals surface area (Å²) >= 11 is 0. The van der Waals surface area contributed by atoms with E-state index in [1.807, 2.05) is 18.2 Å². The lowest BCUT2D eigenvalue weighted by Gasteiger charge is -2.16. The van der Waals surface area contributed by atoms with Gasteiger partial charge in [-0.1, -0.05) is 44.2 Å². The van der Waals surface area contributed by atoms with Gasteiger partial charge in [-0.05, 0) is 11.5 Å². The number of benzene rings is 1. The van der Waals surface area contributed by atoms with E-state index in [9.17, 15) is 0 Å². The monoisotopic (exact) mass is 257 g/mol. The van der Waals surface area contributed by atoms with E-state index < -0.39 is 0 Å². The highest BCUT2D eigenvalue weighted by molar-refractivity contribution is 5.58. The van der Waals surface area contributed by atoms with Gasteiger partial charge in [0, 0.05) is 12.1 Å². The number of hydrogen-bond acceptors (Lipinski definition) is 5. The van der Waals surface area contributed by atoms with Crippen LogP contribution >= 0.6 is 0 Å². The van der Waals surface area contributed by atoms with Crippen molar-refractivity contribution in [3.63, 3.8) is 0 Å². The predicted molar refractivity (Wildman–Crippen MR) is 77.7 cm³/mol. The maximum absolute atomic E-state index is 5.50. The van der Waals surface area contributed by atoms with Gasteiger partial charge in [0.2, 0.25) is 0 Å². The Morgan fingerprint density at radius 1 is 1.11 bits per heavy atom. The van der Waals surface area contributed by atoms with Crippen LogP contribution in [0.5, 0.6) is 0 Å². The van der Waals surface area contributed by atoms with Crippen molar-refractivity contribution < 1.29 is 0 Å². The van der Waals surface area contributed by atoms with Crippen LogP contribution in [0.1, 0.15) is 30.9 Å². The van der Waals surface area contributed by atoms with Crippen molar-refractivity contribution >= 4 is 11.6 Å². The minimum atomic E-state index is 0.283. The van der Waals surface area contributed by atoms with Crippen LogP contribution in [0.25, 0.3) is 0 Å². The summed E-state index contributed by atoms with van der Waals surface area (Å²) in [4.78, 5) is 8.45. The number of nitrogen functional groups attached to an aromatic ring is 1. The average Bonchev–Trinajstić information content (AvgIpc) is 2.45. The molecule has 0 fully saturated rings. The van der Waals surface area contributed by atoms with Crippen LogP contribution in [0, 0.1) is 0 Å². The van der Waals surface area contributed by atoms with E-state index in [1.54, 1.807) is 0 Å². The normalized spacial score (nSPS) is 10.5.